The maximum Gasteiger partial charge on any atom is 0.331 e. The molecule has 6 nitrogen and oxygen atoms in total. The zero-order chi connectivity index (χ0) is 20.4. The highest BCUT2D eigenvalue weighted by molar-refractivity contribution is 7.16. The van der Waals surface area contributed by atoms with E-state index in [1.807, 2.05) is 49.4 Å². The fourth-order valence-corrected chi connectivity index (χ4v) is 3.20. The summed E-state index contributed by atoms with van der Waals surface area (Å²) in [6.07, 6.45) is 3.75. The molecule has 0 aliphatic rings. The van der Waals surface area contributed by atoms with Crippen molar-refractivity contribution in [3.05, 3.63) is 53.4 Å². The van der Waals surface area contributed by atoms with Gasteiger partial charge in [0.1, 0.15) is 6.04 Å². The van der Waals surface area contributed by atoms with Crippen LogP contribution in [0.5, 0.6) is 0 Å². The lowest BCUT2D eigenvalue weighted by Crippen LogP contribution is -2.46. The molecule has 2 N–H and O–H groups in total. The molecule has 0 aliphatic heterocycles. The number of esters is 1. The first-order chi connectivity index (χ1) is 13.5. The van der Waals surface area contributed by atoms with E-state index in [0.717, 1.165) is 21.7 Å². The van der Waals surface area contributed by atoms with Gasteiger partial charge in [0.25, 0.3) is 5.91 Å². The number of ether oxygens (including phenoxy) is 1. The summed E-state index contributed by atoms with van der Waals surface area (Å²) in [6, 6.07) is 13.2. The van der Waals surface area contributed by atoms with Crippen molar-refractivity contribution in [1.82, 2.24) is 10.6 Å². The van der Waals surface area contributed by atoms with Gasteiger partial charge in [0, 0.05) is 22.4 Å². The Labute approximate surface area is 168 Å². The fraction of sp³-hybridized carbons (Fsp3) is 0.286. The van der Waals surface area contributed by atoms with Crippen LogP contribution in [-0.4, -0.2) is 37.0 Å². The highest BCUT2D eigenvalue weighted by atomic mass is 32.1. The lowest BCUT2D eigenvalue weighted by atomic mass is 10.2. The third kappa shape index (κ3) is 7.00. The van der Waals surface area contributed by atoms with Crippen molar-refractivity contribution < 1.29 is 19.1 Å². The molecule has 0 bridgehead atoms. The predicted octanol–water partition coefficient (Wildman–Crippen LogP) is 3.00. The molecule has 0 radical (unpaired) electrons. The third-order valence-electron chi connectivity index (χ3n) is 3.73. The average molecular weight is 401 g/mol. The van der Waals surface area contributed by atoms with E-state index in [2.05, 4.69) is 10.6 Å². The lowest BCUT2D eigenvalue weighted by molar-refractivity contribution is -0.144. The van der Waals surface area contributed by atoms with E-state index in [-0.39, 0.29) is 5.91 Å². The van der Waals surface area contributed by atoms with Gasteiger partial charge >= 0.3 is 5.97 Å². The van der Waals surface area contributed by atoms with E-state index in [0.29, 0.717) is 6.54 Å². The third-order valence-corrected chi connectivity index (χ3v) is 4.83. The number of thiophene rings is 1. The summed E-state index contributed by atoms with van der Waals surface area (Å²) in [5, 5.41) is 5.17. The first-order valence-electron chi connectivity index (χ1n) is 9.06. The van der Waals surface area contributed by atoms with Crippen LogP contribution in [0.3, 0.4) is 0 Å². The molecule has 0 saturated carbocycles. The minimum Gasteiger partial charge on any atom is -0.452 e. The number of hydrogen-bond donors (Lipinski definition) is 2. The molecular weight excluding hydrogens is 376 g/mol. The van der Waals surface area contributed by atoms with Gasteiger partial charge in [0.15, 0.2) is 6.61 Å². The first kappa shape index (κ1) is 21.4. The summed E-state index contributed by atoms with van der Waals surface area (Å²) < 4.78 is 4.91. The van der Waals surface area contributed by atoms with Crippen molar-refractivity contribution in [2.75, 3.05) is 13.2 Å². The number of carbonyl (C=O) groups is 3. The van der Waals surface area contributed by atoms with Crippen molar-refractivity contribution >= 4 is 35.2 Å². The Morgan fingerprint density at radius 2 is 1.89 bits per heavy atom. The van der Waals surface area contributed by atoms with Crippen LogP contribution in [0.2, 0.25) is 0 Å². The monoisotopic (exact) mass is 400 g/mol. The molecule has 28 heavy (non-hydrogen) atoms. The second-order valence-corrected chi connectivity index (χ2v) is 7.20. The standard InChI is InChI=1S/C21H24N2O4S/c1-3-13-22-21(26)15(2)23-19(24)14-27-20(25)12-10-17-9-11-18(28-17)16-7-5-4-6-8-16/h4-12,15H,3,13-14H2,1-2H3,(H,22,26)(H,23,24)/b12-10+/t15-/m1/s1. The minimum atomic E-state index is -0.684. The molecular formula is C21H24N2O4S. The SMILES string of the molecule is CCCNC(=O)[C@@H](C)NC(=O)COC(=O)/C=C/c1ccc(-c2ccccc2)s1. The fourth-order valence-electron chi connectivity index (χ4n) is 2.28. The molecule has 0 fully saturated rings. The van der Waals surface area contributed by atoms with Crippen LogP contribution >= 0.6 is 11.3 Å². The van der Waals surface area contributed by atoms with Crippen LogP contribution in [-0.2, 0) is 19.1 Å². The molecule has 0 spiro atoms. The van der Waals surface area contributed by atoms with E-state index in [4.69, 9.17) is 4.74 Å². The molecule has 2 rings (SSSR count). The Balaban J connectivity index is 1.77. The van der Waals surface area contributed by atoms with Gasteiger partial charge in [-0.3, -0.25) is 9.59 Å². The molecule has 1 heterocycles. The Morgan fingerprint density at radius 3 is 2.61 bits per heavy atom. The number of hydrogen-bond acceptors (Lipinski definition) is 5. The summed E-state index contributed by atoms with van der Waals surface area (Å²) in [5.41, 5.74) is 1.11. The summed E-state index contributed by atoms with van der Waals surface area (Å²) >= 11 is 1.55. The zero-order valence-electron chi connectivity index (χ0n) is 15.9. The van der Waals surface area contributed by atoms with Crippen LogP contribution in [0, 0.1) is 0 Å². The van der Waals surface area contributed by atoms with Crippen LogP contribution in [0.15, 0.2) is 48.5 Å². The maximum absolute atomic E-state index is 11.8. The van der Waals surface area contributed by atoms with Gasteiger partial charge in [-0.15, -0.1) is 11.3 Å². The Hall–Kier alpha value is -2.93. The predicted molar refractivity (Wildman–Crippen MR) is 111 cm³/mol. The summed E-state index contributed by atoms with van der Waals surface area (Å²) in [4.78, 5) is 37.3. The Bertz CT molecular complexity index is 830. The summed E-state index contributed by atoms with van der Waals surface area (Å²) in [6.45, 7) is 3.63. The molecule has 1 aromatic carbocycles. The molecule has 2 aromatic rings. The van der Waals surface area contributed by atoms with Crippen molar-refractivity contribution in [2.24, 2.45) is 0 Å². The Kier molecular flexibility index (Phi) is 8.42. The van der Waals surface area contributed by atoms with Crippen molar-refractivity contribution in [1.29, 1.82) is 0 Å². The number of rotatable bonds is 9. The number of amides is 2. The average Bonchev–Trinajstić information content (AvgIpc) is 3.18. The van der Waals surface area contributed by atoms with Crippen LogP contribution in [0.25, 0.3) is 16.5 Å². The molecule has 7 heteroatoms. The van der Waals surface area contributed by atoms with E-state index < -0.39 is 24.5 Å². The second-order valence-electron chi connectivity index (χ2n) is 6.09. The zero-order valence-corrected chi connectivity index (χ0v) is 16.8. The van der Waals surface area contributed by atoms with Gasteiger partial charge in [-0.05, 0) is 37.1 Å². The van der Waals surface area contributed by atoms with Crippen LogP contribution < -0.4 is 10.6 Å². The van der Waals surface area contributed by atoms with Gasteiger partial charge in [0.05, 0.1) is 0 Å². The van der Waals surface area contributed by atoms with E-state index in [1.165, 1.54) is 6.08 Å². The smallest absolute Gasteiger partial charge is 0.331 e. The molecule has 0 saturated heterocycles. The van der Waals surface area contributed by atoms with E-state index in [9.17, 15) is 14.4 Å². The molecule has 148 valence electrons. The van der Waals surface area contributed by atoms with Gasteiger partial charge in [-0.2, -0.15) is 0 Å². The number of nitrogens with one attached hydrogen (secondary N) is 2. The van der Waals surface area contributed by atoms with E-state index >= 15 is 0 Å². The normalized spacial score (nSPS) is 11.8. The van der Waals surface area contributed by atoms with Crippen LogP contribution in [0.1, 0.15) is 25.1 Å². The van der Waals surface area contributed by atoms with Gasteiger partial charge in [-0.1, -0.05) is 37.3 Å². The summed E-state index contributed by atoms with van der Waals surface area (Å²) in [5.74, 6) is -1.41. The summed E-state index contributed by atoms with van der Waals surface area (Å²) in [7, 11) is 0. The maximum atomic E-state index is 11.8. The topological polar surface area (TPSA) is 84.5 Å². The van der Waals surface area contributed by atoms with Crippen molar-refractivity contribution in [3.8, 4) is 10.4 Å². The number of benzene rings is 1. The quantitative estimate of drug-likeness (QED) is 0.501. The van der Waals surface area contributed by atoms with Gasteiger partial charge in [-0.25, -0.2) is 4.79 Å². The highest BCUT2D eigenvalue weighted by Gasteiger charge is 2.15. The number of carbonyl (C=O) groups excluding carboxylic acids is 3. The molecule has 2 amide bonds. The highest BCUT2D eigenvalue weighted by Crippen LogP contribution is 2.28. The largest absolute Gasteiger partial charge is 0.452 e. The Morgan fingerprint density at radius 1 is 1.14 bits per heavy atom. The molecule has 1 atom stereocenters. The van der Waals surface area contributed by atoms with Crippen LogP contribution in [0.4, 0.5) is 0 Å². The molecule has 0 unspecified atom stereocenters. The molecule has 0 aliphatic carbocycles. The second kappa shape index (κ2) is 11.0. The van der Waals surface area contributed by atoms with Gasteiger partial charge in [0.2, 0.25) is 5.91 Å². The van der Waals surface area contributed by atoms with Gasteiger partial charge < -0.3 is 15.4 Å². The van der Waals surface area contributed by atoms with Crippen molar-refractivity contribution in [2.45, 2.75) is 26.3 Å². The van der Waals surface area contributed by atoms with Crippen molar-refractivity contribution in [3.63, 3.8) is 0 Å². The first-order valence-corrected chi connectivity index (χ1v) is 9.88. The minimum absolute atomic E-state index is 0.270. The molecule has 1 aromatic heterocycles. The van der Waals surface area contributed by atoms with E-state index in [1.54, 1.807) is 24.3 Å². The lowest BCUT2D eigenvalue weighted by Gasteiger charge is -2.13.